The third-order valence-corrected chi connectivity index (χ3v) is 4.47. The van der Waals surface area contributed by atoms with Crippen molar-refractivity contribution in [3.63, 3.8) is 0 Å². The highest BCUT2D eigenvalue weighted by Crippen LogP contribution is 2.26. The van der Waals surface area contributed by atoms with Crippen LogP contribution in [0, 0.1) is 5.92 Å². The third kappa shape index (κ3) is 3.83. The Balaban J connectivity index is 1.87. The number of ether oxygens (including phenoxy) is 1. The van der Waals surface area contributed by atoms with Crippen LogP contribution in [0.4, 0.5) is 0 Å². The van der Waals surface area contributed by atoms with Crippen LogP contribution < -0.4 is 0 Å². The first-order valence-corrected chi connectivity index (χ1v) is 7.53. The molecule has 1 aromatic carbocycles. The van der Waals surface area contributed by atoms with Crippen molar-refractivity contribution >= 4 is 5.97 Å². The fourth-order valence-electron chi connectivity index (χ4n) is 3.02. The van der Waals surface area contributed by atoms with Gasteiger partial charge in [0.15, 0.2) is 0 Å². The number of hydrogen-bond acceptors (Lipinski definition) is 3. The van der Waals surface area contributed by atoms with E-state index in [1.54, 1.807) is 0 Å². The van der Waals surface area contributed by atoms with Crippen LogP contribution in [0.25, 0.3) is 0 Å². The second-order valence-electron chi connectivity index (χ2n) is 5.81. The molecule has 110 valence electrons. The number of benzene rings is 1. The summed E-state index contributed by atoms with van der Waals surface area (Å²) < 4.78 is 5.42. The second-order valence-corrected chi connectivity index (χ2v) is 5.81. The highest BCUT2D eigenvalue weighted by atomic mass is 16.5. The molecular weight excluding hydrogens is 250 g/mol. The lowest BCUT2D eigenvalue weighted by Crippen LogP contribution is -2.50. The summed E-state index contributed by atoms with van der Waals surface area (Å²) in [5.74, 6) is 0.232. The van der Waals surface area contributed by atoms with Crippen LogP contribution in [0.15, 0.2) is 30.3 Å². The molecule has 0 N–H and O–H groups in total. The molecule has 0 bridgehead atoms. The predicted molar refractivity (Wildman–Crippen MR) is 80.5 cm³/mol. The van der Waals surface area contributed by atoms with E-state index in [1.807, 2.05) is 0 Å². The maximum Gasteiger partial charge on any atom is 0.302 e. The molecular formula is C17H25NO2. The van der Waals surface area contributed by atoms with Gasteiger partial charge >= 0.3 is 5.97 Å². The first-order chi connectivity index (χ1) is 9.58. The minimum Gasteiger partial charge on any atom is -0.462 e. The van der Waals surface area contributed by atoms with Crippen LogP contribution in [0.3, 0.4) is 0 Å². The Hall–Kier alpha value is -1.35. The highest BCUT2D eigenvalue weighted by Gasteiger charge is 2.33. The van der Waals surface area contributed by atoms with Crippen molar-refractivity contribution in [2.45, 2.75) is 45.8 Å². The minimum atomic E-state index is -0.160. The summed E-state index contributed by atoms with van der Waals surface area (Å²) in [4.78, 5) is 13.6. The molecule has 0 saturated carbocycles. The van der Waals surface area contributed by atoms with Gasteiger partial charge in [0, 0.05) is 32.0 Å². The van der Waals surface area contributed by atoms with Crippen molar-refractivity contribution < 1.29 is 9.53 Å². The number of nitrogens with zero attached hydrogens (tertiary/aromatic N) is 1. The summed E-state index contributed by atoms with van der Waals surface area (Å²) in [5.41, 5.74) is 1.38. The molecule has 0 aromatic heterocycles. The predicted octanol–water partition coefficient (Wildman–Crippen LogP) is 2.89. The molecule has 3 nitrogen and oxygen atoms in total. The molecule has 1 fully saturated rings. The molecule has 20 heavy (non-hydrogen) atoms. The van der Waals surface area contributed by atoms with Gasteiger partial charge in [-0.2, -0.15) is 0 Å². The summed E-state index contributed by atoms with van der Waals surface area (Å²) in [7, 11) is 0. The number of rotatable bonds is 4. The largest absolute Gasteiger partial charge is 0.462 e. The SMILES string of the molecule is CC(=O)O[C@H]1CCN(CCc2ccccc2)[C@@H](C)[C@@H]1C. The second kappa shape index (κ2) is 6.89. The monoisotopic (exact) mass is 275 g/mol. The topological polar surface area (TPSA) is 29.5 Å². The van der Waals surface area contributed by atoms with Gasteiger partial charge in [-0.05, 0) is 25.3 Å². The normalized spacial score (nSPS) is 27.2. The summed E-state index contributed by atoms with van der Waals surface area (Å²) in [6.45, 7) is 8.01. The molecule has 1 aliphatic rings. The Kier molecular flexibility index (Phi) is 5.18. The van der Waals surface area contributed by atoms with Crippen molar-refractivity contribution in [2.75, 3.05) is 13.1 Å². The van der Waals surface area contributed by atoms with Gasteiger partial charge in [0.1, 0.15) is 6.10 Å². The van der Waals surface area contributed by atoms with Gasteiger partial charge in [0.25, 0.3) is 0 Å². The van der Waals surface area contributed by atoms with E-state index in [4.69, 9.17) is 4.74 Å². The third-order valence-electron chi connectivity index (χ3n) is 4.47. The number of carbonyl (C=O) groups is 1. The molecule has 1 heterocycles. The number of likely N-dealkylation sites (tertiary alicyclic amines) is 1. The Morgan fingerprint density at radius 2 is 2.00 bits per heavy atom. The van der Waals surface area contributed by atoms with Crippen molar-refractivity contribution in [3.8, 4) is 0 Å². The number of hydrogen-bond donors (Lipinski definition) is 0. The summed E-state index contributed by atoms with van der Waals surface area (Å²) in [6, 6.07) is 11.1. The van der Waals surface area contributed by atoms with Gasteiger partial charge < -0.3 is 4.74 Å². The lowest BCUT2D eigenvalue weighted by atomic mass is 9.88. The van der Waals surface area contributed by atoms with Gasteiger partial charge in [-0.15, -0.1) is 0 Å². The zero-order chi connectivity index (χ0) is 14.5. The van der Waals surface area contributed by atoms with Crippen LogP contribution in [0.5, 0.6) is 0 Å². The number of piperidine rings is 1. The summed E-state index contributed by atoms with van der Waals surface area (Å²) in [6.07, 6.45) is 2.10. The fraction of sp³-hybridized carbons (Fsp3) is 0.588. The van der Waals surface area contributed by atoms with Crippen molar-refractivity contribution in [3.05, 3.63) is 35.9 Å². The molecule has 0 radical (unpaired) electrons. The fourth-order valence-corrected chi connectivity index (χ4v) is 3.02. The van der Waals surface area contributed by atoms with Gasteiger partial charge in [-0.25, -0.2) is 0 Å². The van der Waals surface area contributed by atoms with Crippen molar-refractivity contribution in [2.24, 2.45) is 5.92 Å². The van der Waals surface area contributed by atoms with Gasteiger partial charge in [-0.3, -0.25) is 9.69 Å². The van der Waals surface area contributed by atoms with Crippen LogP contribution in [-0.2, 0) is 16.0 Å². The van der Waals surface area contributed by atoms with E-state index in [9.17, 15) is 4.79 Å². The molecule has 0 amide bonds. The van der Waals surface area contributed by atoms with Crippen molar-refractivity contribution in [1.29, 1.82) is 0 Å². The molecule has 1 aromatic rings. The molecule has 0 aliphatic carbocycles. The van der Waals surface area contributed by atoms with Crippen molar-refractivity contribution in [1.82, 2.24) is 4.90 Å². The average Bonchev–Trinajstić information content (AvgIpc) is 2.44. The Morgan fingerprint density at radius 3 is 2.65 bits per heavy atom. The van der Waals surface area contributed by atoms with Gasteiger partial charge in [0.05, 0.1) is 0 Å². The van der Waals surface area contributed by atoms with Crippen LogP contribution in [0.2, 0.25) is 0 Å². The van der Waals surface area contributed by atoms with E-state index in [0.29, 0.717) is 12.0 Å². The smallest absolute Gasteiger partial charge is 0.302 e. The van der Waals surface area contributed by atoms with Crippen LogP contribution in [0.1, 0.15) is 32.8 Å². The molecule has 1 aliphatic heterocycles. The molecule has 1 saturated heterocycles. The highest BCUT2D eigenvalue weighted by molar-refractivity contribution is 5.66. The van der Waals surface area contributed by atoms with Crippen LogP contribution in [-0.4, -0.2) is 36.1 Å². The number of esters is 1. The van der Waals surface area contributed by atoms with E-state index in [-0.39, 0.29) is 12.1 Å². The zero-order valence-electron chi connectivity index (χ0n) is 12.7. The Morgan fingerprint density at radius 1 is 1.30 bits per heavy atom. The minimum absolute atomic E-state index is 0.0791. The van der Waals surface area contributed by atoms with Gasteiger partial charge in [-0.1, -0.05) is 37.3 Å². The van der Waals surface area contributed by atoms with E-state index in [1.165, 1.54) is 12.5 Å². The Labute approximate surface area is 121 Å². The standard InChI is InChI=1S/C17H25NO2/c1-13-14(2)18(12-10-17(13)20-15(3)19)11-9-16-7-5-4-6-8-16/h4-8,13-14,17H,9-12H2,1-3H3/t13-,14-,17-/m0/s1. The quantitative estimate of drug-likeness (QED) is 0.791. The summed E-state index contributed by atoms with van der Waals surface area (Å²) in [5, 5.41) is 0. The molecule has 0 unspecified atom stereocenters. The maximum absolute atomic E-state index is 11.1. The molecule has 3 atom stereocenters. The lowest BCUT2D eigenvalue weighted by Gasteiger charge is -2.42. The first kappa shape index (κ1) is 15.0. The van der Waals surface area contributed by atoms with E-state index in [0.717, 1.165) is 25.9 Å². The van der Waals surface area contributed by atoms with E-state index >= 15 is 0 Å². The molecule has 0 spiro atoms. The average molecular weight is 275 g/mol. The van der Waals surface area contributed by atoms with Gasteiger partial charge in [0.2, 0.25) is 0 Å². The molecule has 3 heteroatoms. The van der Waals surface area contributed by atoms with E-state index < -0.39 is 0 Å². The van der Waals surface area contributed by atoms with Crippen LogP contribution >= 0.6 is 0 Å². The lowest BCUT2D eigenvalue weighted by molar-refractivity contribution is -0.153. The van der Waals surface area contributed by atoms with E-state index in [2.05, 4.69) is 49.1 Å². The molecule has 2 rings (SSSR count). The Bertz CT molecular complexity index is 432. The summed E-state index contributed by atoms with van der Waals surface area (Å²) >= 11 is 0. The number of carbonyl (C=O) groups excluding carboxylic acids is 1. The first-order valence-electron chi connectivity index (χ1n) is 7.53. The maximum atomic E-state index is 11.1. The zero-order valence-corrected chi connectivity index (χ0v) is 12.7.